The van der Waals surface area contributed by atoms with Gasteiger partial charge in [-0.25, -0.2) is 4.79 Å². The van der Waals surface area contributed by atoms with E-state index in [1.54, 1.807) is 37.5 Å². The summed E-state index contributed by atoms with van der Waals surface area (Å²) in [5.41, 5.74) is 2.08. The van der Waals surface area contributed by atoms with Gasteiger partial charge in [0.1, 0.15) is 5.69 Å². The zero-order valence-corrected chi connectivity index (χ0v) is 14.9. The minimum Gasteiger partial charge on any atom is -0.459 e. The fourth-order valence-electron chi connectivity index (χ4n) is 2.93. The molecule has 0 unspecified atom stereocenters. The smallest absolute Gasteiger partial charge is 0.340 e. The van der Waals surface area contributed by atoms with Crippen LogP contribution in [0.2, 0.25) is 0 Å². The SMILES string of the molecule is CC(=O)N1CCN(C(=O)c2[nH]c(C)c(C(=O)OC(C)C)c2C)CC1. The summed E-state index contributed by atoms with van der Waals surface area (Å²) in [5.74, 6) is -0.549. The molecule has 1 fully saturated rings. The van der Waals surface area contributed by atoms with Gasteiger partial charge in [0.05, 0.1) is 11.7 Å². The highest BCUT2D eigenvalue weighted by atomic mass is 16.5. The van der Waals surface area contributed by atoms with Crippen LogP contribution in [0, 0.1) is 13.8 Å². The molecular formula is C17H25N3O4. The summed E-state index contributed by atoms with van der Waals surface area (Å²) in [4.78, 5) is 42.8. The summed E-state index contributed by atoms with van der Waals surface area (Å²) in [5, 5.41) is 0. The fourth-order valence-corrected chi connectivity index (χ4v) is 2.93. The maximum Gasteiger partial charge on any atom is 0.340 e. The van der Waals surface area contributed by atoms with Crippen LogP contribution in [0.5, 0.6) is 0 Å². The lowest BCUT2D eigenvalue weighted by Gasteiger charge is -2.34. The van der Waals surface area contributed by atoms with Crippen LogP contribution in [0.15, 0.2) is 0 Å². The first-order chi connectivity index (χ1) is 11.2. The summed E-state index contributed by atoms with van der Waals surface area (Å²) < 4.78 is 5.25. The summed E-state index contributed by atoms with van der Waals surface area (Å²) in [7, 11) is 0. The van der Waals surface area contributed by atoms with E-state index in [-0.39, 0.29) is 17.9 Å². The molecule has 0 radical (unpaired) electrons. The Bertz CT molecular complexity index is 655. The van der Waals surface area contributed by atoms with E-state index in [1.807, 2.05) is 0 Å². The molecule has 24 heavy (non-hydrogen) atoms. The highest BCUT2D eigenvalue weighted by molar-refractivity contribution is 6.00. The Kier molecular flexibility index (Phi) is 5.31. The van der Waals surface area contributed by atoms with Gasteiger partial charge in [-0.1, -0.05) is 0 Å². The Morgan fingerprint density at radius 2 is 1.58 bits per heavy atom. The van der Waals surface area contributed by atoms with Crippen LogP contribution >= 0.6 is 0 Å². The molecule has 1 N–H and O–H groups in total. The quantitative estimate of drug-likeness (QED) is 0.849. The topological polar surface area (TPSA) is 82.7 Å². The standard InChI is InChI=1S/C17H25N3O4/c1-10(2)24-17(23)14-11(3)15(18-12(14)4)16(22)20-8-6-19(7-9-20)13(5)21/h10,18H,6-9H2,1-5H3. The number of H-pyrrole nitrogens is 1. The molecule has 2 rings (SSSR count). The number of aryl methyl sites for hydroxylation is 1. The van der Waals surface area contributed by atoms with Crippen molar-refractivity contribution in [2.75, 3.05) is 26.2 Å². The van der Waals surface area contributed by atoms with Crippen LogP contribution in [-0.2, 0) is 9.53 Å². The molecule has 1 aliphatic heterocycles. The molecule has 132 valence electrons. The zero-order chi connectivity index (χ0) is 18.0. The average Bonchev–Trinajstić information content (AvgIpc) is 2.80. The summed E-state index contributed by atoms with van der Waals surface area (Å²) in [6, 6.07) is 0. The number of nitrogens with one attached hydrogen (secondary N) is 1. The number of hydrogen-bond donors (Lipinski definition) is 1. The first-order valence-corrected chi connectivity index (χ1v) is 8.17. The molecule has 7 heteroatoms. The molecule has 1 aromatic heterocycles. The molecular weight excluding hydrogens is 310 g/mol. The molecule has 1 aliphatic rings. The van der Waals surface area contributed by atoms with Gasteiger partial charge in [0.2, 0.25) is 5.91 Å². The number of hydrogen-bond acceptors (Lipinski definition) is 4. The highest BCUT2D eigenvalue weighted by Crippen LogP contribution is 2.21. The van der Waals surface area contributed by atoms with E-state index in [4.69, 9.17) is 4.74 Å². The van der Waals surface area contributed by atoms with Crippen LogP contribution in [0.4, 0.5) is 0 Å². The second-order valence-electron chi connectivity index (χ2n) is 6.38. The Labute approximate surface area is 141 Å². The van der Waals surface area contributed by atoms with Gasteiger partial charge in [-0.05, 0) is 33.3 Å². The van der Waals surface area contributed by atoms with Crippen molar-refractivity contribution in [3.8, 4) is 0 Å². The van der Waals surface area contributed by atoms with Crippen LogP contribution in [-0.4, -0.2) is 64.9 Å². The van der Waals surface area contributed by atoms with E-state index in [0.29, 0.717) is 48.7 Å². The van der Waals surface area contributed by atoms with Gasteiger partial charge in [-0.15, -0.1) is 0 Å². The zero-order valence-electron chi connectivity index (χ0n) is 14.9. The molecule has 0 saturated carbocycles. The Hall–Kier alpha value is -2.31. The van der Waals surface area contributed by atoms with Crippen LogP contribution in [0.1, 0.15) is 52.9 Å². The number of nitrogens with zero attached hydrogens (tertiary/aromatic N) is 2. The first-order valence-electron chi connectivity index (χ1n) is 8.17. The average molecular weight is 335 g/mol. The second-order valence-corrected chi connectivity index (χ2v) is 6.38. The maximum atomic E-state index is 12.7. The predicted molar refractivity (Wildman–Crippen MR) is 89.0 cm³/mol. The van der Waals surface area contributed by atoms with E-state index in [1.165, 1.54) is 6.92 Å². The number of aromatic amines is 1. The Balaban J connectivity index is 2.17. The third-order valence-electron chi connectivity index (χ3n) is 4.21. The lowest BCUT2D eigenvalue weighted by atomic mass is 10.1. The van der Waals surface area contributed by atoms with Crippen molar-refractivity contribution in [3.63, 3.8) is 0 Å². The van der Waals surface area contributed by atoms with E-state index in [2.05, 4.69) is 4.98 Å². The summed E-state index contributed by atoms with van der Waals surface area (Å²) in [6.45, 7) is 10.6. The van der Waals surface area contributed by atoms with Crippen LogP contribution < -0.4 is 0 Å². The number of esters is 1. The van der Waals surface area contributed by atoms with Gasteiger partial charge in [0.25, 0.3) is 5.91 Å². The van der Waals surface area contributed by atoms with Crippen molar-refractivity contribution in [3.05, 3.63) is 22.5 Å². The predicted octanol–water partition coefficient (Wildman–Crippen LogP) is 1.50. The number of amides is 2. The molecule has 0 atom stereocenters. The largest absolute Gasteiger partial charge is 0.459 e. The molecule has 0 aromatic carbocycles. The second kappa shape index (κ2) is 7.07. The van der Waals surface area contributed by atoms with Crippen LogP contribution in [0.25, 0.3) is 0 Å². The molecule has 0 aliphatic carbocycles. The minimum atomic E-state index is -0.420. The normalized spacial score (nSPS) is 14.9. The first kappa shape index (κ1) is 18.0. The van der Waals surface area contributed by atoms with Gasteiger partial charge in [0.15, 0.2) is 0 Å². The van der Waals surface area contributed by atoms with Crippen molar-refractivity contribution in [1.29, 1.82) is 0 Å². The molecule has 1 aromatic rings. The maximum absolute atomic E-state index is 12.7. The van der Waals surface area contributed by atoms with Gasteiger partial charge in [-0.2, -0.15) is 0 Å². The third-order valence-corrected chi connectivity index (χ3v) is 4.21. The number of aromatic nitrogens is 1. The number of piperazine rings is 1. The Morgan fingerprint density at radius 1 is 1.04 bits per heavy atom. The lowest BCUT2D eigenvalue weighted by molar-refractivity contribution is -0.130. The lowest BCUT2D eigenvalue weighted by Crippen LogP contribution is -2.50. The minimum absolute atomic E-state index is 0.0210. The summed E-state index contributed by atoms with van der Waals surface area (Å²) in [6.07, 6.45) is -0.218. The fraction of sp³-hybridized carbons (Fsp3) is 0.588. The molecule has 1 saturated heterocycles. The number of carbonyl (C=O) groups excluding carboxylic acids is 3. The molecule has 0 bridgehead atoms. The van der Waals surface area contributed by atoms with E-state index in [0.717, 1.165) is 0 Å². The van der Waals surface area contributed by atoms with E-state index in [9.17, 15) is 14.4 Å². The van der Waals surface area contributed by atoms with Crippen molar-refractivity contribution in [2.45, 2.75) is 40.7 Å². The number of carbonyl (C=O) groups is 3. The number of rotatable bonds is 3. The molecule has 2 heterocycles. The van der Waals surface area contributed by atoms with Gasteiger partial charge >= 0.3 is 5.97 Å². The molecule has 0 spiro atoms. The van der Waals surface area contributed by atoms with Crippen molar-refractivity contribution in [1.82, 2.24) is 14.8 Å². The number of ether oxygens (including phenoxy) is 1. The van der Waals surface area contributed by atoms with E-state index >= 15 is 0 Å². The molecule has 2 amide bonds. The van der Waals surface area contributed by atoms with Gasteiger partial charge in [0, 0.05) is 38.8 Å². The Morgan fingerprint density at radius 3 is 2.08 bits per heavy atom. The highest BCUT2D eigenvalue weighted by Gasteiger charge is 2.28. The van der Waals surface area contributed by atoms with Crippen LogP contribution in [0.3, 0.4) is 0 Å². The van der Waals surface area contributed by atoms with Gasteiger partial charge < -0.3 is 19.5 Å². The molecule has 7 nitrogen and oxygen atoms in total. The van der Waals surface area contributed by atoms with Crippen molar-refractivity contribution in [2.24, 2.45) is 0 Å². The van der Waals surface area contributed by atoms with Gasteiger partial charge in [-0.3, -0.25) is 9.59 Å². The van der Waals surface area contributed by atoms with E-state index < -0.39 is 5.97 Å². The summed E-state index contributed by atoms with van der Waals surface area (Å²) >= 11 is 0. The third kappa shape index (κ3) is 3.60. The monoisotopic (exact) mass is 335 g/mol. The van der Waals surface area contributed by atoms with Crippen molar-refractivity contribution < 1.29 is 19.1 Å². The van der Waals surface area contributed by atoms with Crippen molar-refractivity contribution >= 4 is 17.8 Å².